The van der Waals surface area contributed by atoms with E-state index in [2.05, 4.69) is 5.32 Å². The van der Waals surface area contributed by atoms with E-state index in [-0.39, 0.29) is 22.3 Å². The van der Waals surface area contributed by atoms with Crippen LogP contribution in [0.2, 0.25) is 0 Å². The Morgan fingerprint density at radius 2 is 1.86 bits per heavy atom. The fourth-order valence-corrected chi connectivity index (χ4v) is 5.41. The quantitative estimate of drug-likeness (QED) is 0.691. The standard InChI is InChI=1S/C19H29N3O5S/c1-15-17(28(25,26)22-12-5-6-13-22)14-16(27-15)19(24)20-9-7-11-21-10-4-2-3-8-18(21)23/h14H,2-13H2,1H3,(H,20,24). The number of carbonyl (C=O) groups is 2. The van der Waals surface area contributed by atoms with Gasteiger partial charge in [0, 0.05) is 45.2 Å². The van der Waals surface area contributed by atoms with Crippen molar-refractivity contribution in [1.82, 2.24) is 14.5 Å². The predicted octanol–water partition coefficient (Wildman–Crippen LogP) is 1.90. The zero-order valence-electron chi connectivity index (χ0n) is 16.4. The van der Waals surface area contributed by atoms with E-state index in [4.69, 9.17) is 4.42 Å². The third kappa shape index (κ3) is 4.75. The number of amides is 2. The van der Waals surface area contributed by atoms with E-state index in [0.29, 0.717) is 39.0 Å². The molecule has 2 saturated heterocycles. The Kier molecular flexibility index (Phi) is 6.77. The van der Waals surface area contributed by atoms with Crippen LogP contribution in [0.3, 0.4) is 0 Å². The number of nitrogens with zero attached hydrogens (tertiary/aromatic N) is 2. The molecular formula is C19H29N3O5S. The van der Waals surface area contributed by atoms with E-state index in [9.17, 15) is 18.0 Å². The van der Waals surface area contributed by atoms with Crippen LogP contribution in [0.1, 0.15) is 61.3 Å². The summed E-state index contributed by atoms with van der Waals surface area (Å²) in [7, 11) is -3.62. The largest absolute Gasteiger partial charge is 0.455 e. The zero-order chi connectivity index (χ0) is 20.1. The molecule has 3 heterocycles. The average molecular weight is 412 g/mol. The highest BCUT2D eigenvalue weighted by Crippen LogP contribution is 2.26. The number of likely N-dealkylation sites (tertiary alicyclic amines) is 1. The molecule has 0 radical (unpaired) electrons. The van der Waals surface area contributed by atoms with Crippen LogP contribution in [0.15, 0.2) is 15.4 Å². The van der Waals surface area contributed by atoms with Crippen LogP contribution < -0.4 is 5.32 Å². The minimum absolute atomic E-state index is 0.00104. The van der Waals surface area contributed by atoms with Gasteiger partial charge in [-0.2, -0.15) is 4.31 Å². The van der Waals surface area contributed by atoms with Crippen LogP contribution >= 0.6 is 0 Å². The summed E-state index contributed by atoms with van der Waals surface area (Å²) in [6, 6.07) is 1.32. The van der Waals surface area contributed by atoms with Crippen LogP contribution in [0.5, 0.6) is 0 Å². The molecule has 0 atom stereocenters. The average Bonchev–Trinajstić information content (AvgIpc) is 3.29. The second-order valence-electron chi connectivity index (χ2n) is 7.44. The molecule has 0 aliphatic carbocycles. The molecule has 0 spiro atoms. The third-order valence-corrected chi connectivity index (χ3v) is 7.35. The van der Waals surface area contributed by atoms with Gasteiger partial charge >= 0.3 is 0 Å². The highest BCUT2D eigenvalue weighted by Gasteiger charge is 2.31. The Morgan fingerprint density at radius 3 is 2.61 bits per heavy atom. The summed E-state index contributed by atoms with van der Waals surface area (Å²) in [6.45, 7) is 4.36. The Hall–Kier alpha value is -1.87. The minimum atomic E-state index is -3.62. The van der Waals surface area contributed by atoms with Gasteiger partial charge < -0.3 is 14.6 Å². The molecular weight excluding hydrogens is 382 g/mol. The highest BCUT2D eigenvalue weighted by atomic mass is 32.2. The fraction of sp³-hybridized carbons (Fsp3) is 0.684. The molecule has 0 bridgehead atoms. The Morgan fingerprint density at radius 1 is 1.14 bits per heavy atom. The SMILES string of the molecule is Cc1oc(C(=O)NCCCN2CCCCCC2=O)cc1S(=O)(=O)N1CCCC1. The topological polar surface area (TPSA) is 99.9 Å². The van der Waals surface area contributed by atoms with Crippen LogP contribution in [-0.2, 0) is 14.8 Å². The molecule has 8 nitrogen and oxygen atoms in total. The van der Waals surface area contributed by atoms with Gasteiger partial charge in [-0.15, -0.1) is 0 Å². The number of furan rings is 1. The summed E-state index contributed by atoms with van der Waals surface area (Å²) in [4.78, 5) is 26.2. The van der Waals surface area contributed by atoms with Crippen molar-refractivity contribution in [3.8, 4) is 0 Å². The lowest BCUT2D eigenvalue weighted by molar-refractivity contribution is -0.130. The number of hydrogen-bond acceptors (Lipinski definition) is 5. The Labute approximate surface area is 166 Å². The van der Waals surface area contributed by atoms with Gasteiger partial charge in [0.05, 0.1) is 0 Å². The van der Waals surface area contributed by atoms with Gasteiger partial charge in [0.2, 0.25) is 15.9 Å². The smallest absolute Gasteiger partial charge is 0.287 e. The molecule has 3 rings (SSSR count). The molecule has 1 aromatic rings. The van der Waals surface area contributed by atoms with Crippen LogP contribution in [0.25, 0.3) is 0 Å². The summed E-state index contributed by atoms with van der Waals surface area (Å²) in [5.41, 5.74) is 0. The van der Waals surface area contributed by atoms with Crippen molar-refractivity contribution >= 4 is 21.8 Å². The molecule has 28 heavy (non-hydrogen) atoms. The molecule has 156 valence electrons. The first kappa shape index (κ1) is 20.9. The molecule has 1 aromatic heterocycles. The first-order chi connectivity index (χ1) is 13.4. The molecule has 2 aliphatic rings. The third-order valence-electron chi connectivity index (χ3n) is 5.34. The summed E-state index contributed by atoms with van der Waals surface area (Å²) in [5, 5.41) is 2.75. The number of nitrogens with one attached hydrogen (secondary N) is 1. The van der Waals surface area contributed by atoms with Crippen molar-refractivity contribution in [1.29, 1.82) is 0 Å². The van der Waals surface area contributed by atoms with Crippen molar-refractivity contribution in [2.24, 2.45) is 0 Å². The number of aryl methyl sites for hydroxylation is 1. The van der Waals surface area contributed by atoms with Gasteiger partial charge in [-0.3, -0.25) is 9.59 Å². The number of rotatable bonds is 7. The molecule has 9 heteroatoms. The van der Waals surface area contributed by atoms with Crippen molar-refractivity contribution in [2.75, 3.05) is 32.7 Å². The molecule has 0 aromatic carbocycles. The lowest BCUT2D eigenvalue weighted by Crippen LogP contribution is -2.33. The van der Waals surface area contributed by atoms with Crippen LogP contribution in [0, 0.1) is 6.92 Å². The van der Waals surface area contributed by atoms with Crippen molar-refractivity contribution in [2.45, 2.75) is 56.8 Å². The van der Waals surface area contributed by atoms with E-state index < -0.39 is 15.9 Å². The Bertz CT molecular complexity index is 812. The normalized spacial score (nSPS) is 19.0. The van der Waals surface area contributed by atoms with Crippen LogP contribution in [0.4, 0.5) is 0 Å². The zero-order valence-corrected chi connectivity index (χ0v) is 17.2. The summed E-state index contributed by atoms with van der Waals surface area (Å²) in [5.74, 6) is -0.0243. The van der Waals surface area contributed by atoms with Crippen molar-refractivity contribution in [3.05, 3.63) is 17.6 Å². The first-order valence-corrected chi connectivity index (χ1v) is 11.5. The fourth-order valence-electron chi connectivity index (χ4n) is 3.73. The summed E-state index contributed by atoms with van der Waals surface area (Å²) >= 11 is 0. The number of carbonyl (C=O) groups excluding carboxylic acids is 2. The van der Waals surface area contributed by atoms with Gasteiger partial charge in [-0.05, 0) is 39.0 Å². The van der Waals surface area contributed by atoms with Gasteiger partial charge in [-0.1, -0.05) is 6.42 Å². The lowest BCUT2D eigenvalue weighted by atomic mass is 10.2. The van der Waals surface area contributed by atoms with E-state index in [1.807, 2.05) is 4.90 Å². The second kappa shape index (κ2) is 9.09. The molecule has 1 N–H and O–H groups in total. The number of hydrogen-bond donors (Lipinski definition) is 1. The maximum absolute atomic E-state index is 12.7. The predicted molar refractivity (Wildman–Crippen MR) is 103 cm³/mol. The first-order valence-electron chi connectivity index (χ1n) is 10.1. The molecule has 0 unspecified atom stereocenters. The van der Waals surface area contributed by atoms with Gasteiger partial charge in [0.1, 0.15) is 10.7 Å². The van der Waals surface area contributed by atoms with Gasteiger partial charge in [0.15, 0.2) is 5.76 Å². The number of sulfonamides is 1. The maximum atomic E-state index is 12.7. The molecule has 2 amide bonds. The van der Waals surface area contributed by atoms with Crippen LogP contribution in [-0.4, -0.2) is 62.2 Å². The monoisotopic (exact) mass is 411 g/mol. The summed E-state index contributed by atoms with van der Waals surface area (Å²) in [6.07, 6.45) is 6.01. The highest BCUT2D eigenvalue weighted by molar-refractivity contribution is 7.89. The maximum Gasteiger partial charge on any atom is 0.287 e. The second-order valence-corrected chi connectivity index (χ2v) is 9.35. The molecule has 2 fully saturated rings. The lowest BCUT2D eigenvalue weighted by Gasteiger charge is -2.20. The van der Waals surface area contributed by atoms with E-state index >= 15 is 0 Å². The summed E-state index contributed by atoms with van der Waals surface area (Å²) < 4.78 is 32.2. The van der Waals surface area contributed by atoms with Gasteiger partial charge in [-0.25, -0.2) is 8.42 Å². The minimum Gasteiger partial charge on any atom is -0.455 e. The molecule has 0 saturated carbocycles. The van der Waals surface area contributed by atoms with E-state index in [1.54, 1.807) is 6.92 Å². The van der Waals surface area contributed by atoms with E-state index in [1.165, 1.54) is 10.4 Å². The van der Waals surface area contributed by atoms with Crippen molar-refractivity contribution < 1.29 is 22.4 Å². The van der Waals surface area contributed by atoms with E-state index in [0.717, 1.165) is 38.6 Å². The van der Waals surface area contributed by atoms with Gasteiger partial charge in [0.25, 0.3) is 5.91 Å². The molecule has 2 aliphatic heterocycles. The Balaban J connectivity index is 1.53. The van der Waals surface area contributed by atoms with Crippen molar-refractivity contribution in [3.63, 3.8) is 0 Å².